The number of para-hydroxylation sites is 2. The molecule has 0 bridgehead atoms. The minimum absolute atomic E-state index is 0.104. The third kappa shape index (κ3) is 11.3. The molecule has 0 aliphatic heterocycles. The van der Waals surface area contributed by atoms with E-state index in [9.17, 15) is 9.59 Å². The normalized spacial score (nSPS) is 10.8. The van der Waals surface area contributed by atoms with Crippen molar-refractivity contribution in [3.05, 3.63) is 132 Å². The molecule has 0 radical (unpaired) electrons. The van der Waals surface area contributed by atoms with Crippen molar-refractivity contribution in [2.45, 2.75) is 26.7 Å². The van der Waals surface area contributed by atoms with Crippen LogP contribution in [0.2, 0.25) is 0 Å². The fraction of sp³-hybridized carbons (Fsp3) is 0.125. The number of carbonyl (C=O) groups excluding carboxylic acids is 2. The summed E-state index contributed by atoms with van der Waals surface area (Å²) in [5, 5.41) is 0. The Morgan fingerprint density at radius 3 is 1.05 bits per heavy atom. The maximum absolute atomic E-state index is 12.0. The minimum atomic E-state index is 0.104. The van der Waals surface area contributed by atoms with Crippen molar-refractivity contribution in [3.63, 3.8) is 0 Å². The van der Waals surface area contributed by atoms with Crippen LogP contribution in [-0.4, -0.2) is 23.0 Å². The van der Waals surface area contributed by atoms with Gasteiger partial charge in [0.25, 0.3) is 0 Å². The van der Waals surface area contributed by atoms with Gasteiger partial charge in [-0.1, -0.05) is 97.1 Å². The second-order valence-electron chi connectivity index (χ2n) is 8.30. The summed E-state index contributed by atoms with van der Waals surface area (Å²) >= 11 is 1.06. The molecule has 0 spiro atoms. The summed E-state index contributed by atoms with van der Waals surface area (Å²) in [5.41, 5.74) is 4.90. The first kappa shape index (κ1) is 30.2. The first-order valence-corrected chi connectivity index (χ1v) is 12.6. The monoisotopic (exact) mass is 541 g/mol. The second-order valence-corrected chi connectivity index (χ2v) is 8.30. The van der Waals surface area contributed by atoms with Gasteiger partial charge in [0.1, 0.15) is 0 Å². The van der Waals surface area contributed by atoms with Gasteiger partial charge >= 0.3 is 21.0 Å². The zero-order valence-electron chi connectivity index (χ0n) is 21.5. The van der Waals surface area contributed by atoms with E-state index in [1.165, 1.54) is 0 Å². The molecule has 0 saturated carbocycles. The number of Topliss-reactive ketones (excluding diaryl/α,β-unsaturated/α-hetero) is 2. The van der Waals surface area contributed by atoms with Crippen molar-refractivity contribution in [2.24, 2.45) is 9.98 Å². The standard InChI is InChI=1S/2C16H15NO.O.V/c2*1-13(17-15-10-6-3-7-11-15)12-16(18)14-8-4-2-5-9-14;;/h2*2-11H,12H2,1H3;;. The Morgan fingerprint density at radius 1 is 0.500 bits per heavy atom. The van der Waals surface area contributed by atoms with Gasteiger partial charge in [0.05, 0.1) is 11.4 Å². The quantitative estimate of drug-likeness (QED) is 0.168. The maximum atomic E-state index is 12.0. The summed E-state index contributed by atoms with van der Waals surface area (Å²) < 4.78 is 8.19. The van der Waals surface area contributed by atoms with E-state index < -0.39 is 0 Å². The van der Waals surface area contributed by atoms with Gasteiger partial charge in [0, 0.05) is 35.4 Å². The molecule has 38 heavy (non-hydrogen) atoms. The Bertz CT molecular complexity index is 1220. The summed E-state index contributed by atoms with van der Waals surface area (Å²) in [6, 6.07) is 38.0. The Hall–Kier alpha value is -4.06. The molecule has 4 aromatic carbocycles. The summed E-state index contributed by atoms with van der Waals surface area (Å²) in [5.74, 6) is 0.209. The topological polar surface area (TPSA) is 75.9 Å². The second kappa shape index (κ2) is 17.4. The molecule has 0 unspecified atom stereocenters. The molecule has 0 aliphatic carbocycles. The number of carbonyl (C=O) groups is 2. The molecule has 0 aliphatic rings. The number of nitrogens with zero attached hydrogens (tertiary/aromatic N) is 2. The zero-order valence-corrected chi connectivity index (χ0v) is 22.9. The van der Waals surface area contributed by atoms with Gasteiger partial charge < -0.3 is 0 Å². The summed E-state index contributed by atoms with van der Waals surface area (Å²) in [7, 11) is 0. The molecule has 0 N–H and O–H groups in total. The molecular formula is C32H30N2O3V. The van der Waals surface area contributed by atoms with E-state index in [1.807, 2.05) is 135 Å². The molecule has 6 heteroatoms. The SMILES string of the molecule is CC(CC(=O)c1ccccc1)=Nc1ccccc1.CC(CC(=O)c1ccccc1)=Nc1ccccc1.[O]=[V]. The van der Waals surface area contributed by atoms with Crippen LogP contribution >= 0.6 is 0 Å². The number of aliphatic imine (C=N–C) groups is 2. The number of rotatable bonds is 8. The van der Waals surface area contributed by atoms with Crippen LogP contribution < -0.4 is 0 Å². The van der Waals surface area contributed by atoms with Gasteiger partial charge in [-0.15, -0.1) is 0 Å². The molecule has 4 rings (SSSR count). The fourth-order valence-electron chi connectivity index (χ4n) is 3.44. The third-order valence-corrected chi connectivity index (χ3v) is 5.18. The van der Waals surface area contributed by atoms with Crippen LogP contribution in [0, 0.1) is 0 Å². The van der Waals surface area contributed by atoms with E-state index in [2.05, 4.69) is 9.98 Å². The summed E-state index contributed by atoms with van der Waals surface area (Å²) in [6.45, 7) is 3.77. The fourth-order valence-corrected chi connectivity index (χ4v) is 3.44. The van der Waals surface area contributed by atoms with E-state index in [1.54, 1.807) is 0 Å². The predicted molar refractivity (Wildman–Crippen MR) is 150 cm³/mol. The molecule has 0 amide bonds. The average molecular weight is 542 g/mol. The molecule has 191 valence electrons. The van der Waals surface area contributed by atoms with Gasteiger partial charge in [-0.25, -0.2) is 0 Å². The molecule has 0 aromatic heterocycles. The third-order valence-electron chi connectivity index (χ3n) is 5.18. The molecule has 0 heterocycles. The molecule has 0 atom stereocenters. The first-order valence-electron chi connectivity index (χ1n) is 12.0. The van der Waals surface area contributed by atoms with Crippen LogP contribution in [-0.2, 0) is 21.0 Å². The number of benzene rings is 4. The Balaban J connectivity index is 0.000000251. The number of hydrogen-bond donors (Lipinski definition) is 0. The van der Waals surface area contributed by atoms with Crippen LogP contribution in [0.15, 0.2) is 131 Å². The van der Waals surface area contributed by atoms with Crippen molar-refractivity contribution in [3.8, 4) is 0 Å². The van der Waals surface area contributed by atoms with Crippen LogP contribution in [0.4, 0.5) is 11.4 Å². The van der Waals surface area contributed by atoms with E-state index in [4.69, 9.17) is 3.67 Å². The summed E-state index contributed by atoms with van der Waals surface area (Å²) in [4.78, 5) is 32.8. The Morgan fingerprint density at radius 2 is 0.763 bits per heavy atom. The van der Waals surface area contributed by atoms with Crippen molar-refractivity contribution in [2.75, 3.05) is 0 Å². The van der Waals surface area contributed by atoms with Gasteiger partial charge in [0.2, 0.25) is 0 Å². The molecule has 0 fully saturated rings. The van der Waals surface area contributed by atoms with Gasteiger partial charge in [0.15, 0.2) is 11.6 Å². The van der Waals surface area contributed by atoms with Crippen molar-refractivity contribution in [1.29, 1.82) is 0 Å². The number of ketones is 2. The van der Waals surface area contributed by atoms with Crippen LogP contribution in [0.25, 0.3) is 0 Å². The Labute approximate surface area is 233 Å². The average Bonchev–Trinajstić information content (AvgIpc) is 2.96. The predicted octanol–water partition coefficient (Wildman–Crippen LogP) is 7.98. The van der Waals surface area contributed by atoms with Crippen molar-refractivity contribution >= 4 is 34.4 Å². The molecule has 5 nitrogen and oxygen atoms in total. The van der Waals surface area contributed by atoms with Crippen molar-refractivity contribution in [1.82, 2.24) is 0 Å². The van der Waals surface area contributed by atoms with E-state index in [-0.39, 0.29) is 11.6 Å². The van der Waals surface area contributed by atoms with Crippen LogP contribution in [0.1, 0.15) is 47.4 Å². The van der Waals surface area contributed by atoms with E-state index in [0.717, 1.165) is 51.3 Å². The van der Waals surface area contributed by atoms with E-state index >= 15 is 0 Å². The first-order chi connectivity index (χ1) is 18.5. The van der Waals surface area contributed by atoms with Gasteiger partial charge in [-0.2, -0.15) is 0 Å². The Kier molecular flexibility index (Phi) is 13.8. The van der Waals surface area contributed by atoms with Crippen LogP contribution in [0.5, 0.6) is 0 Å². The van der Waals surface area contributed by atoms with Crippen LogP contribution in [0.3, 0.4) is 0 Å². The van der Waals surface area contributed by atoms with Gasteiger partial charge in [-0.05, 0) is 38.1 Å². The number of hydrogen-bond acceptors (Lipinski definition) is 5. The molecular weight excluding hydrogens is 511 g/mol. The van der Waals surface area contributed by atoms with Gasteiger partial charge in [-0.3, -0.25) is 19.6 Å². The molecule has 0 saturated heterocycles. The van der Waals surface area contributed by atoms with Crippen molar-refractivity contribution < 1.29 is 30.6 Å². The van der Waals surface area contributed by atoms with E-state index in [0.29, 0.717) is 12.8 Å². The zero-order chi connectivity index (χ0) is 27.6. The molecule has 4 aromatic rings. The summed E-state index contributed by atoms with van der Waals surface area (Å²) in [6.07, 6.45) is 0.720.